The lowest BCUT2D eigenvalue weighted by molar-refractivity contribution is -0.126. The van der Waals surface area contributed by atoms with E-state index in [0.717, 1.165) is 11.1 Å². The Labute approximate surface area is 127 Å². The van der Waals surface area contributed by atoms with E-state index in [-0.39, 0.29) is 17.1 Å². The molecule has 0 bridgehead atoms. The molecule has 1 atom stereocenters. The second kappa shape index (κ2) is 6.53. The van der Waals surface area contributed by atoms with Gasteiger partial charge in [0.05, 0.1) is 5.92 Å². The number of hydrogen-bond donors (Lipinski definition) is 0. The SMILES string of the molecule is CC(C)(C)C(=O)[C@H](/C=C/c1ccccc1)c1ccccc1. The molecule has 0 aliphatic heterocycles. The highest BCUT2D eigenvalue weighted by Crippen LogP contribution is 2.29. The van der Waals surface area contributed by atoms with Crippen LogP contribution >= 0.6 is 0 Å². The largest absolute Gasteiger partial charge is 0.298 e. The Bertz CT molecular complexity index is 603. The van der Waals surface area contributed by atoms with Gasteiger partial charge in [-0.2, -0.15) is 0 Å². The van der Waals surface area contributed by atoms with E-state index in [1.54, 1.807) is 0 Å². The molecule has 0 saturated heterocycles. The number of carbonyl (C=O) groups is 1. The van der Waals surface area contributed by atoms with Gasteiger partial charge in [-0.25, -0.2) is 0 Å². The summed E-state index contributed by atoms with van der Waals surface area (Å²) in [5.74, 6) is 0.0345. The van der Waals surface area contributed by atoms with Crippen LogP contribution in [-0.2, 0) is 4.79 Å². The van der Waals surface area contributed by atoms with Gasteiger partial charge in [0.15, 0.2) is 0 Å². The molecule has 0 spiro atoms. The molecule has 0 aromatic heterocycles. The molecule has 0 unspecified atom stereocenters. The molecule has 2 rings (SSSR count). The standard InChI is InChI=1S/C20H22O/c1-20(2,3)19(21)18(17-12-8-5-9-13-17)15-14-16-10-6-4-7-11-16/h4-15,18H,1-3H3/b15-14+/t18-/m1/s1. The van der Waals surface area contributed by atoms with E-state index in [4.69, 9.17) is 0 Å². The monoisotopic (exact) mass is 278 g/mol. The third kappa shape index (κ3) is 4.16. The van der Waals surface area contributed by atoms with E-state index in [0.29, 0.717) is 0 Å². The molecule has 0 aliphatic carbocycles. The van der Waals surface area contributed by atoms with Crippen LogP contribution in [0.2, 0.25) is 0 Å². The fraction of sp³-hybridized carbons (Fsp3) is 0.250. The van der Waals surface area contributed by atoms with Gasteiger partial charge in [0.2, 0.25) is 0 Å². The van der Waals surface area contributed by atoms with Crippen molar-refractivity contribution in [3.63, 3.8) is 0 Å². The fourth-order valence-electron chi connectivity index (χ4n) is 2.25. The van der Waals surface area contributed by atoms with Crippen molar-refractivity contribution in [3.8, 4) is 0 Å². The normalized spacial score (nSPS) is 13.3. The van der Waals surface area contributed by atoms with Gasteiger partial charge in [0.1, 0.15) is 5.78 Å². The van der Waals surface area contributed by atoms with Crippen LogP contribution in [0.4, 0.5) is 0 Å². The van der Waals surface area contributed by atoms with Crippen LogP contribution in [0, 0.1) is 5.41 Å². The second-order valence-electron chi connectivity index (χ2n) is 6.27. The van der Waals surface area contributed by atoms with Crippen molar-refractivity contribution >= 4 is 11.9 Å². The fourth-order valence-corrected chi connectivity index (χ4v) is 2.25. The van der Waals surface area contributed by atoms with Crippen molar-refractivity contribution < 1.29 is 4.79 Å². The number of benzene rings is 2. The molecule has 2 aromatic carbocycles. The van der Waals surface area contributed by atoms with Gasteiger partial charge in [-0.3, -0.25) is 4.79 Å². The number of rotatable bonds is 4. The number of ketones is 1. The maximum atomic E-state index is 12.7. The molecule has 0 saturated carbocycles. The summed E-state index contributed by atoms with van der Waals surface area (Å²) in [6.07, 6.45) is 4.04. The van der Waals surface area contributed by atoms with Crippen LogP contribution in [0.1, 0.15) is 37.8 Å². The van der Waals surface area contributed by atoms with Gasteiger partial charge >= 0.3 is 0 Å². The Morgan fingerprint density at radius 3 is 1.95 bits per heavy atom. The lowest BCUT2D eigenvalue weighted by atomic mass is 9.79. The second-order valence-corrected chi connectivity index (χ2v) is 6.27. The summed E-state index contributed by atoms with van der Waals surface area (Å²) in [5, 5.41) is 0. The summed E-state index contributed by atoms with van der Waals surface area (Å²) in [5.41, 5.74) is 1.80. The third-order valence-electron chi connectivity index (χ3n) is 3.46. The Morgan fingerprint density at radius 2 is 1.43 bits per heavy atom. The van der Waals surface area contributed by atoms with E-state index in [2.05, 4.69) is 0 Å². The van der Waals surface area contributed by atoms with E-state index in [1.165, 1.54) is 0 Å². The van der Waals surface area contributed by atoms with Gasteiger partial charge in [-0.05, 0) is 11.1 Å². The summed E-state index contributed by atoms with van der Waals surface area (Å²) in [6, 6.07) is 20.1. The molecule has 0 heterocycles. The first-order valence-electron chi connectivity index (χ1n) is 7.31. The van der Waals surface area contributed by atoms with Gasteiger partial charge in [0, 0.05) is 5.41 Å². The highest BCUT2D eigenvalue weighted by atomic mass is 16.1. The Morgan fingerprint density at radius 1 is 0.905 bits per heavy atom. The molecule has 0 fully saturated rings. The first kappa shape index (κ1) is 15.2. The smallest absolute Gasteiger partial charge is 0.149 e. The summed E-state index contributed by atoms with van der Waals surface area (Å²) >= 11 is 0. The molecular formula is C20H22O. The lowest BCUT2D eigenvalue weighted by Crippen LogP contribution is -2.26. The summed E-state index contributed by atoms with van der Waals surface area (Å²) < 4.78 is 0. The quantitative estimate of drug-likeness (QED) is 0.760. The van der Waals surface area contributed by atoms with Crippen molar-refractivity contribution in [2.45, 2.75) is 26.7 Å². The van der Waals surface area contributed by atoms with Crippen LogP contribution in [0.3, 0.4) is 0 Å². The molecule has 0 amide bonds. The lowest BCUT2D eigenvalue weighted by Gasteiger charge is -2.23. The maximum absolute atomic E-state index is 12.7. The van der Waals surface area contributed by atoms with Gasteiger partial charge < -0.3 is 0 Å². The zero-order valence-corrected chi connectivity index (χ0v) is 12.9. The Hall–Kier alpha value is -2.15. The molecule has 21 heavy (non-hydrogen) atoms. The van der Waals surface area contributed by atoms with E-state index >= 15 is 0 Å². The van der Waals surface area contributed by atoms with Crippen molar-refractivity contribution in [2.24, 2.45) is 5.41 Å². The molecule has 1 heteroatoms. The Balaban J connectivity index is 2.33. The highest BCUT2D eigenvalue weighted by molar-refractivity contribution is 5.92. The van der Waals surface area contributed by atoms with Crippen LogP contribution in [0.25, 0.3) is 6.08 Å². The highest BCUT2D eigenvalue weighted by Gasteiger charge is 2.28. The predicted molar refractivity (Wildman–Crippen MR) is 89.1 cm³/mol. The van der Waals surface area contributed by atoms with Crippen LogP contribution < -0.4 is 0 Å². The molecule has 0 radical (unpaired) electrons. The molecule has 0 aliphatic rings. The van der Waals surface area contributed by atoms with E-state index in [1.807, 2.05) is 93.6 Å². The summed E-state index contributed by atoms with van der Waals surface area (Å²) in [7, 11) is 0. The van der Waals surface area contributed by atoms with Crippen LogP contribution in [0.5, 0.6) is 0 Å². The number of hydrogen-bond acceptors (Lipinski definition) is 1. The molecule has 1 nitrogen and oxygen atoms in total. The molecule has 2 aromatic rings. The van der Waals surface area contributed by atoms with Crippen molar-refractivity contribution in [2.75, 3.05) is 0 Å². The van der Waals surface area contributed by atoms with Crippen LogP contribution in [-0.4, -0.2) is 5.78 Å². The predicted octanol–water partition coefficient (Wildman–Crippen LogP) is 5.10. The van der Waals surface area contributed by atoms with Crippen molar-refractivity contribution in [1.29, 1.82) is 0 Å². The molecular weight excluding hydrogens is 256 g/mol. The Kier molecular flexibility index (Phi) is 4.74. The van der Waals surface area contributed by atoms with Crippen LogP contribution in [0.15, 0.2) is 66.7 Å². The topological polar surface area (TPSA) is 17.1 Å². The summed E-state index contributed by atoms with van der Waals surface area (Å²) in [6.45, 7) is 5.92. The van der Waals surface area contributed by atoms with E-state index < -0.39 is 0 Å². The van der Waals surface area contributed by atoms with Crippen molar-refractivity contribution in [1.82, 2.24) is 0 Å². The first-order chi connectivity index (χ1) is 9.98. The van der Waals surface area contributed by atoms with Crippen molar-refractivity contribution in [3.05, 3.63) is 77.9 Å². The average molecular weight is 278 g/mol. The number of Topliss-reactive ketones (excluding diaryl/α,β-unsaturated/α-hetero) is 1. The van der Waals surface area contributed by atoms with Gasteiger partial charge in [-0.1, -0.05) is 93.6 Å². The summed E-state index contributed by atoms with van der Waals surface area (Å²) in [4.78, 5) is 12.7. The van der Waals surface area contributed by atoms with Gasteiger partial charge in [0.25, 0.3) is 0 Å². The minimum absolute atomic E-state index is 0.202. The molecule has 108 valence electrons. The average Bonchev–Trinajstić information content (AvgIpc) is 2.48. The number of carbonyl (C=O) groups excluding carboxylic acids is 1. The zero-order chi connectivity index (χ0) is 15.3. The first-order valence-corrected chi connectivity index (χ1v) is 7.31. The third-order valence-corrected chi connectivity index (χ3v) is 3.46. The van der Waals surface area contributed by atoms with Gasteiger partial charge in [-0.15, -0.1) is 0 Å². The molecule has 0 N–H and O–H groups in total. The minimum Gasteiger partial charge on any atom is -0.298 e. The number of allylic oxidation sites excluding steroid dienone is 1. The van der Waals surface area contributed by atoms with E-state index in [9.17, 15) is 4.79 Å². The zero-order valence-electron chi connectivity index (χ0n) is 12.9. The minimum atomic E-state index is -0.360. The maximum Gasteiger partial charge on any atom is 0.149 e.